The highest BCUT2D eigenvalue weighted by molar-refractivity contribution is 5.78. The Morgan fingerprint density at radius 1 is 1.08 bits per heavy atom. The molecule has 2 aromatic rings. The summed E-state index contributed by atoms with van der Waals surface area (Å²) in [5.41, 5.74) is 0.830. The van der Waals surface area contributed by atoms with Gasteiger partial charge in [0.15, 0.2) is 0 Å². The van der Waals surface area contributed by atoms with Crippen LogP contribution >= 0.6 is 0 Å². The maximum Gasteiger partial charge on any atom is 0.416 e. The van der Waals surface area contributed by atoms with Crippen molar-refractivity contribution in [3.8, 4) is 0 Å². The Bertz CT molecular complexity index is 781. The van der Waals surface area contributed by atoms with Crippen LogP contribution in [-0.2, 0) is 23.9 Å². The third-order valence-electron chi connectivity index (χ3n) is 4.19. The summed E-state index contributed by atoms with van der Waals surface area (Å²) >= 11 is 0. The van der Waals surface area contributed by atoms with Gasteiger partial charge >= 0.3 is 6.18 Å². The van der Waals surface area contributed by atoms with E-state index in [0.717, 1.165) is 25.0 Å². The quantitative estimate of drug-likeness (QED) is 0.785. The van der Waals surface area contributed by atoms with Crippen LogP contribution in [-0.4, -0.2) is 5.91 Å². The standard InChI is InChI=1S/C19H17F4NO/c20-17-9-13(4-7-16(17)14-5-6-14)11-24-18(25)10-12-2-1-3-15(8-12)19(21,22)23/h1-4,7-9,14H,5-6,10-11H2,(H,24,25). The fourth-order valence-corrected chi connectivity index (χ4v) is 2.71. The normalized spacial score (nSPS) is 14.4. The molecule has 0 saturated heterocycles. The molecule has 6 heteroatoms. The number of amides is 1. The van der Waals surface area contributed by atoms with Crippen molar-refractivity contribution >= 4 is 5.91 Å². The summed E-state index contributed by atoms with van der Waals surface area (Å²) in [6, 6.07) is 9.58. The number of benzene rings is 2. The van der Waals surface area contributed by atoms with Crippen molar-refractivity contribution < 1.29 is 22.4 Å². The van der Waals surface area contributed by atoms with E-state index in [2.05, 4.69) is 5.32 Å². The van der Waals surface area contributed by atoms with Gasteiger partial charge in [0.1, 0.15) is 5.82 Å². The number of alkyl halides is 3. The number of hydrogen-bond donors (Lipinski definition) is 1. The van der Waals surface area contributed by atoms with Crippen molar-refractivity contribution in [1.29, 1.82) is 0 Å². The highest BCUT2D eigenvalue weighted by Crippen LogP contribution is 2.41. The van der Waals surface area contributed by atoms with Gasteiger partial charge in [-0.1, -0.05) is 30.3 Å². The third kappa shape index (κ3) is 4.59. The molecule has 0 spiro atoms. The molecule has 1 aliphatic carbocycles. The second-order valence-corrected chi connectivity index (χ2v) is 6.28. The van der Waals surface area contributed by atoms with Crippen LogP contribution in [0.4, 0.5) is 17.6 Å². The lowest BCUT2D eigenvalue weighted by atomic mass is 10.1. The van der Waals surface area contributed by atoms with Crippen LogP contribution in [0.3, 0.4) is 0 Å². The van der Waals surface area contributed by atoms with Crippen LogP contribution < -0.4 is 5.32 Å². The lowest BCUT2D eigenvalue weighted by Gasteiger charge is -2.10. The molecule has 0 heterocycles. The van der Waals surface area contributed by atoms with Crippen molar-refractivity contribution in [2.24, 2.45) is 0 Å². The molecule has 25 heavy (non-hydrogen) atoms. The Morgan fingerprint density at radius 2 is 1.84 bits per heavy atom. The maximum absolute atomic E-state index is 13.9. The third-order valence-corrected chi connectivity index (χ3v) is 4.19. The van der Waals surface area contributed by atoms with Crippen molar-refractivity contribution in [1.82, 2.24) is 5.32 Å². The van der Waals surface area contributed by atoms with Gasteiger partial charge in [-0.3, -0.25) is 4.79 Å². The number of nitrogens with one attached hydrogen (secondary N) is 1. The second kappa shape index (κ2) is 6.86. The van der Waals surface area contributed by atoms with Crippen LogP contribution in [0.25, 0.3) is 0 Å². The molecular formula is C19H17F4NO. The Balaban J connectivity index is 1.57. The summed E-state index contributed by atoms with van der Waals surface area (Å²) in [7, 11) is 0. The molecule has 1 N–H and O–H groups in total. The van der Waals surface area contributed by atoms with E-state index >= 15 is 0 Å². The lowest BCUT2D eigenvalue weighted by Crippen LogP contribution is -2.24. The van der Waals surface area contributed by atoms with Crippen LogP contribution in [0, 0.1) is 5.82 Å². The molecule has 0 atom stereocenters. The molecule has 3 rings (SSSR count). The zero-order valence-corrected chi connectivity index (χ0v) is 13.4. The molecule has 1 aliphatic rings. The minimum atomic E-state index is -4.44. The van der Waals surface area contributed by atoms with Crippen LogP contribution in [0.5, 0.6) is 0 Å². The predicted molar refractivity (Wildman–Crippen MR) is 85.4 cm³/mol. The van der Waals surface area contributed by atoms with E-state index in [9.17, 15) is 22.4 Å². The van der Waals surface area contributed by atoms with Crippen molar-refractivity contribution in [3.05, 3.63) is 70.5 Å². The van der Waals surface area contributed by atoms with Gasteiger partial charge in [0, 0.05) is 6.54 Å². The molecule has 0 aliphatic heterocycles. The van der Waals surface area contributed by atoms with E-state index in [1.165, 1.54) is 18.2 Å². The Hall–Kier alpha value is -2.37. The van der Waals surface area contributed by atoms with E-state index < -0.39 is 17.6 Å². The molecule has 132 valence electrons. The Morgan fingerprint density at radius 3 is 2.48 bits per heavy atom. The van der Waals surface area contributed by atoms with Gasteiger partial charge in [-0.05, 0) is 47.6 Å². The van der Waals surface area contributed by atoms with E-state index in [0.29, 0.717) is 17.0 Å². The first kappa shape index (κ1) is 17.5. The molecule has 0 bridgehead atoms. The zero-order chi connectivity index (χ0) is 18.0. The summed E-state index contributed by atoms with van der Waals surface area (Å²) in [5.74, 6) is -0.373. The van der Waals surface area contributed by atoms with Crippen molar-refractivity contribution in [3.63, 3.8) is 0 Å². The minimum absolute atomic E-state index is 0.139. The van der Waals surface area contributed by atoms with Gasteiger partial charge in [0.25, 0.3) is 0 Å². The molecular weight excluding hydrogens is 334 g/mol. The van der Waals surface area contributed by atoms with Crippen LogP contribution in [0.1, 0.15) is 41.0 Å². The molecule has 0 unspecified atom stereocenters. The highest BCUT2D eigenvalue weighted by atomic mass is 19.4. The number of halogens is 4. The highest BCUT2D eigenvalue weighted by Gasteiger charge is 2.30. The SMILES string of the molecule is O=C(Cc1cccc(C(F)(F)F)c1)NCc1ccc(C2CC2)c(F)c1. The molecule has 2 aromatic carbocycles. The molecule has 0 radical (unpaired) electrons. The van der Waals surface area contributed by atoms with Gasteiger partial charge in [-0.25, -0.2) is 4.39 Å². The summed E-state index contributed by atoms with van der Waals surface area (Å²) in [6.45, 7) is 0.139. The first-order chi connectivity index (χ1) is 11.8. The number of rotatable bonds is 5. The zero-order valence-electron chi connectivity index (χ0n) is 13.4. The fraction of sp³-hybridized carbons (Fsp3) is 0.316. The van der Waals surface area contributed by atoms with E-state index in [1.54, 1.807) is 12.1 Å². The molecule has 0 aromatic heterocycles. The topological polar surface area (TPSA) is 29.1 Å². The van der Waals surface area contributed by atoms with Crippen LogP contribution in [0.15, 0.2) is 42.5 Å². The average molecular weight is 351 g/mol. The first-order valence-electron chi connectivity index (χ1n) is 8.04. The number of carbonyl (C=O) groups excluding carboxylic acids is 1. The van der Waals surface area contributed by atoms with Gasteiger partial charge in [0.2, 0.25) is 5.91 Å². The van der Waals surface area contributed by atoms with Gasteiger partial charge in [0.05, 0.1) is 12.0 Å². The minimum Gasteiger partial charge on any atom is -0.352 e. The smallest absolute Gasteiger partial charge is 0.352 e. The monoisotopic (exact) mass is 351 g/mol. The van der Waals surface area contributed by atoms with E-state index in [-0.39, 0.29) is 24.3 Å². The van der Waals surface area contributed by atoms with E-state index in [1.807, 2.05) is 0 Å². The first-order valence-corrected chi connectivity index (χ1v) is 8.04. The second-order valence-electron chi connectivity index (χ2n) is 6.28. The lowest BCUT2D eigenvalue weighted by molar-refractivity contribution is -0.137. The summed E-state index contributed by atoms with van der Waals surface area (Å²) in [6.07, 6.45) is -2.59. The summed E-state index contributed by atoms with van der Waals surface area (Å²) in [4.78, 5) is 11.9. The molecule has 2 nitrogen and oxygen atoms in total. The van der Waals surface area contributed by atoms with Gasteiger partial charge in [-0.15, -0.1) is 0 Å². The summed E-state index contributed by atoms with van der Waals surface area (Å²) < 4.78 is 52.0. The maximum atomic E-state index is 13.9. The molecule has 1 amide bonds. The number of carbonyl (C=O) groups is 1. The predicted octanol–water partition coefficient (Wildman–Crippen LogP) is 4.58. The molecule has 1 fully saturated rings. The Labute approximate surface area is 142 Å². The van der Waals surface area contributed by atoms with Crippen molar-refractivity contribution in [2.45, 2.75) is 37.9 Å². The Kier molecular flexibility index (Phi) is 4.79. The van der Waals surface area contributed by atoms with Gasteiger partial charge in [-0.2, -0.15) is 13.2 Å². The number of hydrogen-bond acceptors (Lipinski definition) is 1. The van der Waals surface area contributed by atoms with E-state index in [4.69, 9.17) is 0 Å². The summed E-state index contributed by atoms with van der Waals surface area (Å²) in [5, 5.41) is 2.61. The average Bonchev–Trinajstić information content (AvgIpc) is 3.37. The van der Waals surface area contributed by atoms with Crippen LogP contribution in [0.2, 0.25) is 0 Å². The largest absolute Gasteiger partial charge is 0.416 e. The molecule has 1 saturated carbocycles. The van der Waals surface area contributed by atoms with Gasteiger partial charge < -0.3 is 5.32 Å². The fourth-order valence-electron chi connectivity index (χ4n) is 2.71. The van der Waals surface area contributed by atoms with Crippen molar-refractivity contribution in [2.75, 3.05) is 0 Å².